The van der Waals surface area contributed by atoms with E-state index in [9.17, 15) is 9.59 Å². The number of anilines is 1. The van der Waals surface area contributed by atoms with E-state index in [1.54, 1.807) is 24.3 Å². The van der Waals surface area contributed by atoms with Crippen molar-refractivity contribution < 1.29 is 14.3 Å². The van der Waals surface area contributed by atoms with Gasteiger partial charge < -0.3 is 15.4 Å². The van der Waals surface area contributed by atoms with Crippen molar-refractivity contribution in [2.45, 2.75) is 20.3 Å². The summed E-state index contributed by atoms with van der Waals surface area (Å²) in [4.78, 5) is 22.8. The molecule has 0 unspecified atom stereocenters. The summed E-state index contributed by atoms with van der Waals surface area (Å²) in [5.74, 6) is 0.296. The molecule has 5 heteroatoms. The number of rotatable bonds is 7. The van der Waals surface area contributed by atoms with Crippen LogP contribution in [0.3, 0.4) is 0 Å². The summed E-state index contributed by atoms with van der Waals surface area (Å²) in [6.45, 7) is 4.05. The highest BCUT2D eigenvalue weighted by Gasteiger charge is 2.04. The van der Waals surface area contributed by atoms with Crippen LogP contribution in [-0.4, -0.2) is 25.0 Å². The molecule has 0 radical (unpaired) electrons. The van der Waals surface area contributed by atoms with Gasteiger partial charge in [-0.05, 0) is 48.7 Å². The van der Waals surface area contributed by atoms with E-state index in [-0.39, 0.29) is 18.4 Å². The van der Waals surface area contributed by atoms with Crippen molar-refractivity contribution in [2.24, 2.45) is 0 Å². The molecule has 0 aliphatic heterocycles. The first-order valence-electron chi connectivity index (χ1n) is 7.86. The summed E-state index contributed by atoms with van der Waals surface area (Å²) >= 11 is 0. The highest BCUT2D eigenvalue weighted by atomic mass is 16.5. The zero-order valence-electron chi connectivity index (χ0n) is 14.0. The first kappa shape index (κ1) is 17.5. The van der Waals surface area contributed by atoms with Gasteiger partial charge in [0.1, 0.15) is 5.75 Å². The summed E-state index contributed by atoms with van der Waals surface area (Å²) in [5.41, 5.74) is 3.15. The monoisotopic (exact) mass is 326 g/mol. The molecule has 2 aromatic rings. The molecule has 0 aliphatic rings. The number of amides is 2. The normalized spacial score (nSPS) is 10.1. The fourth-order valence-electron chi connectivity index (χ4n) is 2.26. The number of benzene rings is 2. The Bertz CT molecular complexity index is 696. The van der Waals surface area contributed by atoms with Gasteiger partial charge in [-0.3, -0.25) is 9.59 Å². The Morgan fingerprint density at radius 3 is 2.42 bits per heavy atom. The number of carbonyl (C=O) groups is 2. The molecule has 2 N–H and O–H groups in total. The van der Waals surface area contributed by atoms with E-state index < -0.39 is 0 Å². The van der Waals surface area contributed by atoms with Crippen LogP contribution in [0.25, 0.3) is 0 Å². The van der Waals surface area contributed by atoms with Crippen LogP contribution in [0, 0.1) is 6.92 Å². The van der Waals surface area contributed by atoms with Gasteiger partial charge in [0.15, 0.2) is 6.61 Å². The van der Waals surface area contributed by atoms with Gasteiger partial charge in [0.05, 0.1) is 0 Å². The molecule has 0 saturated heterocycles. The molecule has 126 valence electrons. The van der Waals surface area contributed by atoms with Gasteiger partial charge in [-0.15, -0.1) is 0 Å². The molecule has 2 amide bonds. The zero-order valence-corrected chi connectivity index (χ0v) is 14.0. The van der Waals surface area contributed by atoms with E-state index in [0.717, 1.165) is 6.42 Å². The highest BCUT2D eigenvalue weighted by molar-refractivity contribution is 5.88. The third kappa shape index (κ3) is 5.76. The lowest BCUT2D eigenvalue weighted by Gasteiger charge is -2.09. The molecule has 2 rings (SSSR count). The van der Waals surface area contributed by atoms with Gasteiger partial charge in [-0.2, -0.15) is 0 Å². The molecule has 0 saturated carbocycles. The summed E-state index contributed by atoms with van der Waals surface area (Å²) in [7, 11) is 0. The highest BCUT2D eigenvalue weighted by Crippen LogP contribution is 2.15. The predicted octanol–water partition coefficient (Wildman–Crippen LogP) is 2.69. The molecule has 0 aromatic heterocycles. The van der Waals surface area contributed by atoms with E-state index in [4.69, 9.17) is 4.74 Å². The predicted molar refractivity (Wildman–Crippen MR) is 94.1 cm³/mol. The van der Waals surface area contributed by atoms with E-state index in [1.807, 2.05) is 12.1 Å². The lowest BCUT2D eigenvalue weighted by atomic mass is 10.1. The van der Waals surface area contributed by atoms with E-state index in [1.165, 1.54) is 18.1 Å². The average Bonchev–Trinajstić information content (AvgIpc) is 2.55. The molecule has 0 atom stereocenters. The Kier molecular flexibility index (Phi) is 6.37. The van der Waals surface area contributed by atoms with Crippen molar-refractivity contribution in [3.8, 4) is 5.75 Å². The van der Waals surface area contributed by atoms with Gasteiger partial charge >= 0.3 is 0 Å². The summed E-state index contributed by atoms with van der Waals surface area (Å²) in [6, 6.07) is 15.0. The first-order chi connectivity index (χ1) is 11.5. The van der Waals surface area contributed by atoms with Gasteiger partial charge in [-0.25, -0.2) is 0 Å². The Balaban J connectivity index is 1.71. The lowest BCUT2D eigenvalue weighted by Crippen LogP contribution is -2.30. The summed E-state index contributed by atoms with van der Waals surface area (Å²) < 4.78 is 5.43. The number of hydrogen-bond donors (Lipinski definition) is 2. The second-order valence-electron chi connectivity index (χ2n) is 5.52. The minimum atomic E-state index is -0.158. The third-order valence-electron chi connectivity index (χ3n) is 3.52. The molecular formula is C19H22N2O3. The van der Waals surface area contributed by atoms with Crippen molar-refractivity contribution >= 4 is 17.5 Å². The molecule has 0 heterocycles. The van der Waals surface area contributed by atoms with Crippen LogP contribution in [0.5, 0.6) is 5.75 Å². The van der Waals surface area contributed by atoms with Crippen molar-refractivity contribution in [2.75, 3.05) is 18.5 Å². The van der Waals surface area contributed by atoms with E-state index >= 15 is 0 Å². The third-order valence-corrected chi connectivity index (χ3v) is 3.52. The standard InChI is InChI=1S/C19H22N2O3/c1-14-5-3-4-6-16(14)11-12-20-19(23)13-24-18-9-7-17(8-10-18)21-15(2)22/h3-10H,11-13H2,1-2H3,(H,20,23)(H,21,22). The van der Waals surface area contributed by atoms with Crippen molar-refractivity contribution in [3.05, 3.63) is 59.7 Å². The molecular weight excluding hydrogens is 304 g/mol. The molecule has 0 bridgehead atoms. The Morgan fingerprint density at radius 1 is 1.04 bits per heavy atom. The van der Waals surface area contributed by atoms with Crippen LogP contribution in [0.15, 0.2) is 48.5 Å². The molecule has 5 nitrogen and oxygen atoms in total. The van der Waals surface area contributed by atoms with Gasteiger partial charge in [-0.1, -0.05) is 24.3 Å². The molecule has 0 fully saturated rings. The maximum Gasteiger partial charge on any atom is 0.257 e. The Hall–Kier alpha value is -2.82. The zero-order chi connectivity index (χ0) is 17.4. The number of carbonyl (C=O) groups excluding carboxylic acids is 2. The summed E-state index contributed by atoms with van der Waals surface area (Å²) in [6.07, 6.45) is 0.795. The van der Waals surface area contributed by atoms with Crippen LogP contribution in [0.2, 0.25) is 0 Å². The SMILES string of the molecule is CC(=O)Nc1ccc(OCC(=O)NCCc2ccccc2C)cc1. The van der Waals surface area contributed by atoms with Crippen LogP contribution in [-0.2, 0) is 16.0 Å². The smallest absolute Gasteiger partial charge is 0.257 e. The fourth-order valence-corrected chi connectivity index (χ4v) is 2.26. The van der Waals surface area contributed by atoms with E-state index in [0.29, 0.717) is 18.0 Å². The van der Waals surface area contributed by atoms with Crippen molar-refractivity contribution in [1.82, 2.24) is 5.32 Å². The van der Waals surface area contributed by atoms with Crippen molar-refractivity contribution in [1.29, 1.82) is 0 Å². The minimum Gasteiger partial charge on any atom is -0.484 e. The number of aryl methyl sites for hydroxylation is 1. The van der Waals surface area contributed by atoms with Crippen molar-refractivity contribution in [3.63, 3.8) is 0 Å². The number of nitrogens with one attached hydrogen (secondary N) is 2. The average molecular weight is 326 g/mol. The maximum atomic E-state index is 11.8. The van der Waals surface area contributed by atoms with Crippen LogP contribution < -0.4 is 15.4 Å². The second-order valence-corrected chi connectivity index (χ2v) is 5.52. The lowest BCUT2D eigenvalue weighted by molar-refractivity contribution is -0.123. The Morgan fingerprint density at radius 2 is 1.75 bits per heavy atom. The second kappa shape index (κ2) is 8.72. The topological polar surface area (TPSA) is 67.4 Å². The minimum absolute atomic E-state index is 0.0345. The van der Waals surface area contributed by atoms with Crippen LogP contribution in [0.4, 0.5) is 5.69 Å². The first-order valence-corrected chi connectivity index (χ1v) is 7.86. The van der Waals surface area contributed by atoms with Gasteiger partial charge in [0.25, 0.3) is 5.91 Å². The number of hydrogen-bond acceptors (Lipinski definition) is 3. The number of ether oxygens (including phenoxy) is 1. The molecule has 0 aliphatic carbocycles. The quantitative estimate of drug-likeness (QED) is 0.822. The van der Waals surface area contributed by atoms with Gasteiger partial charge in [0.2, 0.25) is 5.91 Å². The molecule has 24 heavy (non-hydrogen) atoms. The van der Waals surface area contributed by atoms with Crippen LogP contribution in [0.1, 0.15) is 18.1 Å². The Labute approximate surface area is 142 Å². The van der Waals surface area contributed by atoms with E-state index in [2.05, 4.69) is 29.7 Å². The fraction of sp³-hybridized carbons (Fsp3) is 0.263. The largest absolute Gasteiger partial charge is 0.484 e. The van der Waals surface area contributed by atoms with Gasteiger partial charge in [0, 0.05) is 19.2 Å². The molecule has 2 aromatic carbocycles. The summed E-state index contributed by atoms with van der Waals surface area (Å²) in [5, 5.41) is 5.52. The van der Waals surface area contributed by atoms with Crippen LogP contribution >= 0.6 is 0 Å². The molecule has 0 spiro atoms. The maximum absolute atomic E-state index is 11.8.